The van der Waals surface area contributed by atoms with Gasteiger partial charge in [-0.3, -0.25) is 14.9 Å². The second kappa shape index (κ2) is 10.0. The first kappa shape index (κ1) is 20.1. The first-order valence-corrected chi connectivity index (χ1v) is 9.63. The third-order valence-corrected chi connectivity index (χ3v) is 5.03. The number of guanidine groups is 1. The maximum atomic E-state index is 13.8. The molecule has 2 aromatic rings. The molecule has 1 fully saturated rings. The summed E-state index contributed by atoms with van der Waals surface area (Å²) in [5, 5.41) is 6.52. The zero-order valence-corrected chi connectivity index (χ0v) is 16.5. The van der Waals surface area contributed by atoms with Crippen molar-refractivity contribution in [2.45, 2.75) is 25.4 Å². The van der Waals surface area contributed by atoms with Gasteiger partial charge in [0.15, 0.2) is 5.96 Å². The molecule has 1 aromatic heterocycles. The fraction of sp³-hybridized carbons (Fsp3) is 0.429. The van der Waals surface area contributed by atoms with Crippen LogP contribution in [0.5, 0.6) is 5.75 Å². The van der Waals surface area contributed by atoms with E-state index < -0.39 is 0 Å². The van der Waals surface area contributed by atoms with Crippen molar-refractivity contribution in [1.29, 1.82) is 0 Å². The number of nitrogens with zero attached hydrogens (tertiary/aromatic N) is 3. The van der Waals surface area contributed by atoms with Crippen LogP contribution in [0.2, 0.25) is 0 Å². The van der Waals surface area contributed by atoms with E-state index in [2.05, 4.69) is 37.6 Å². The van der Waals surface area contributed by atoms with E-state index in [-0.39, 0.29) is 18.4 Å². The third kappa shape index (κ3) is 5.19. The third-order valence-electron chi connectivity index (χ3n) is 5.03. The summed E-state index contributed by atoms with van der Waals surface area (Å²) in [5.41, 5.74) is 1.61. The second-order valence-electron chi connectivity index (χ2n) is 6.77. The summed E-state index contributed by atoms with van der Waals surface area (Å²) < 4.78 is 19.0. The smallest absolute Gasteiger partial charge is 0.191 e. The number of nitrogens with one attached hydrogen (secondary N) is 2. The van der Waals surface area contributed by atoms with E-state index in [1.54, 1.807) is 26.4 Å². The number of methoxy groups -OCH3 is 1. The lowest BCUT2D eigenvalue weighted by molar-refractivity contribution is 0.245. The van der Waals surface area contributed by atoms with Crippen LogP contribution in [0.15, 0.2) is 47.6 Å². The fourth-order valence-corrected chi connectivity index (χ4v) is 3.47. The summed E-state index contributed by atoms with van der Waals surface area (Å²) >= 11 is 0. The number of halogens is 1. The van der Waals surface area contributed by atoms with Gasteiger partial charge in [0, 0.05) is 19.8 Å². The number of hydrogen-bond donors (Lipinski definition) is 2. The van der Waals surface area contributed by atoms with Gasteiger partial charge >= 0.3 is 0 Å². The molecule has 0 bridgehead atoms. The number of pyridine rings is 1. The van der Waals surface area contributed by atoms with Crippen molar-refractivity contribution in [1.82, 2.24) is 20.5 Å². The lowest BCUT2D eigenvalue weighted by atomic mass is 10.1. The highest BCUT2D eigenvalue weighted by atomic mass is 19.1. The summed E-state index contributed by atoms with van der Waals surface area (Å²) in [6.07, 6.45) is 4.03. The van der Waals surface area contributed by atoms with Crippen molar-refractivity contribution < 1.29 is 9.13 Å². The molecule has 28 heavy (non-hydrogen) atoms. The Labute approximate surface area is 165 Å². The van der Waals surface area contributed by atoms with E-state index >= 15 is 0 Å². The largest absolute Gasteiger partial charge is 0.497 e. The summed E-state index contributed by atoms with van der Waals surface area (Å²) in [6, 6.07) is 11.4. The van der Waals surface area contributed by atoms with Crippen LogP contribution >= 0.6 is 0 Å². The van der Waals surface area contributed by atoms with E-state index in [1.807, 2.05) is 12.1 Å². The van der Waals surface area contributed by atoms with Gasteiger partial charge in [-0.05, 0) is 55.8 Å². The van der Waals surface area contributed by atoms with Crippen LogP contribution in [0, 0.1) is 5.82 Å². The highest BCUT2D eigenvalue weighted by Gasteiger charge is 2.23. The van der Waals surface area contributed by atoms with Gasteiger partial charge in [-0.1, -0.05) is 12.1 Å². The molecule has 2 N–H and O–H groups in total. The van der Waals surface area contributed by atoms with E-state index in [1.165, 1.54) is 24.5 Å². The average molecular weight is 385 g/mol. The van der Waals surface area contributed by atoms with E-state index in [0.717, 1.165) is 18.8 Å². The molecule has 1 aliphatic rings. The topological polar surface area (TPSA) is 61.8 Å². The summed E-state index contributed by atoms with van der Waals surface area (Å²) in [7, 11) is 3.39. The number of aromatic nitrogens is 1. The molecule has 3 rings (SSSR count). The number of aliphatic imine (C=N–C) groups is 1. The maximum Gasteiger partial charge on any atom is 0.191 e. The molecular weight excluding hydrogens is 357 g/mol. The molecule has 0 saturated carbocycles. The predicted molar refractivity (Wildman–Crippen MR) is 109 cm³/mol. The van der Waals surface area contributed by atoms with Crippen molar-refractivity contribution in [3.63, 3.8) is 0 Å². The molecule has 1 unspecified atom stereocenters. The molecule has 1 aliphatic heterocycles. The van der Waals surface area contributed by atoms with Crippen LogP contribution in [-0.2, 0) is 6.54 Å². The molecule has 7 heteroatoms. The minimum Gasteiger partial charge on any atom is -0.497 e. The van der Waals surface area contributed by atoms with Crippen molar-refractivity contribution in [2.24, 2.45) is 4.99 Å². The van der Waals surface area contributed by atoms with Crippen LogP contribution in [0.25, 0.3) is 0 Å². The number of hydrogen-bond acceptors (Lipinski definition) is 4. The highest BCUT2D eigenvalue weighted by Crippen LogP contribution is 2.26. The zero-order chi connectivity index (χ0) is 19.8. The monoisotopic (exact) mass is 385 g/mol. The fourth-order valence-electron chi connectivity index (χ4n) is 3.47. The van der Waals surface area contributed by atoms with Crippen LogP contribution in [0.4, 0.5) is 4.39 Å². The molecule has 1 aromatic carbocycles. The molecule has 1 atom stereocenters. The molecule has 2 heterocycles. The first-order valence-electron chi connectivity index (χ1n) is 9.63. The van der Waals surface area contributed by atoms with Gasteiger partial charge < -0.3 is 15.4 Å². The Bertz CT molecular complexity index is 775. The quantitative estimate of drug-likeness (QED) is 0.567. The Hall–Kier alpha value is -2.67. The van der Waals surface area contributed by atoms with Crippen molar-refractivity contribution in [3.05, 3.63) is 59.7 Å². The van der Waals surface area contributed by atoms with Crippen LogP contribution in [0.1, 0.15) is 30.1 Å². The van der Waals surface area contributed by atoms with Gasteiger partial charge in [0.05, 0.1) is 25.4 Å². The van der Waals surface area contributed by atoms with Crippen molar-refractivity contribution in [2.75, 3.05) is 33.8 Å². The van der Waals surface area contributed by atoms with Gasteiger partial charge in [0.25, 0.3) is 0 Å². The van der Waals surface area contributed by atoms with Crippen LogP contribution in [0.3, 0.4) is 0 Å². The molecule has 0 amide bonds. The second-order valence-corrected chi connectivity index (χ2v) is 6.77. The Balaban J connectivity index is 1.63. The summed E-state index contributed by atoms with van der Waals surface area (Å²) in [6.45, 7) is 3.16. The Morgan fingerprint density at radius 1 is 1.21 bits per heavy atom. The van der Waals surface area contributed by atoms with E-state index in [0.29, 0.717) is 18.2 Å². The first-order chi connectivity index (χ1) is 13.7. The number of rotatable bonds is 7. The lowest BCUT2D eigenvalue weighted by Crippen LogP contribution is -2.42. The minimum absolute atomic E-state index is 0.235. The zero-order valence-electron chi connectivity index (χ0n) is 16.5. The number of likely N-dealkylation sites (tertiary alicyclic amines) is 1. The van der Waals surface area contributed by atoms with Gasteiger partial charge in [0.2, 0.25) is 0 Å². The Morgan fingerprint density at radius 2 is 1.96 bits per heavy atom. The lowest BCUT2D eigenvalue weighted by Gasteiger charge is -2.29. The Kier molecular flexibility index (Phi) is 7.19. The van der Waals surface area contributed by atoms with E-state index in [9.17, 15) is 4.39 Å². The van der Waals surface area contributed by atoms with Gasteiger partial charge in [-0.15, -0.1) is 0 Å². The standard InChI is InChI=1S/C21H28FN5O/c1-23-21(25-14-19-18(22)6-5-11-24-19)26-15-20(27-12-3-4-13-27)16-7-9-17(28-2)10-8-16/h5-11,20H,3-4,12-15H2,1-2H3,(H2,23,25,26). The molecule has 6 nitrogen and oxygen atoms in total. The molecule has 150 valence electrons. The molecule has 1 saturated heterocycles. The SMILES string of the molecule is CN=C(NCc1ncccc1F)NCC(c1ccc(OC)cc1)N1CCCC1. The molecule has 0 aliphatic carbocycles. The molecule has 0 radical (unpaired) electrons. The number of benzene rings is 1. The van der Waals surface area contributed by atoms with Crippen LogP contribution < -0.4 is 15.4 Å². The summed E-state index contributed by atoms with van der Waals surface area (Å²) in [4.78, 5) is 10.8. The van der Waals surface area contributed by atoms with Crippen LogP contribution in [-0.4, -0.2) is 49.6 Å². The van der Waals surface area contributed by atoms with Crippen molar-refractivity contribution >= 4 is 5.96 Å². The van der Waals surface area contributed by atoms with Gasteiger partial charge in [-0.2, -0.15) is 0 Å². The maximum absolute atomic E-state index is 13.8. The van der Waals surface area contributed by atoms with E-state index in [4.69, 9.17) is 4.74 Å². The Morgan fingerprint density at radius 3 is 2.61 bits per heavy atom. The minimum atomic E-state index is -0.321. The van der Waals surface area contributed by atoms with Gasteiger partial charge in [0.1, 0.15) is 11.6 Å². The van der Waals surface area contributed by atoms with Crippen molar-refractivity contribution in [3.8, 4) is 5.75 Å². The molecule has 0 spiro atoms. The normalized spacial score (nSPS) is 16.0. The number of ether oxygens (including phenoxy) is 1. The summed E-state index contributed by atoms with van der Waals surface area (Å²) in [5.74, 6) is 1.16. The average Bonchev–Trinajstić information content (AvgIpc) is 3.26. The molecular formula is C21H28FN5O. The predicted octanol–water partition coefficient (Wildman–Crippen LogP) is 2.73. The highest BCUT2D eigenvalue weighted by molar-refractivity contribution is 5.79. The van der Waals surface area contributed by atoms with Gasteiger partial charge in [-0.25, -0.2) is 4.39 Å².